The van der Waals surface area contributed by atoms with Gasteiger partial charge >= 0.3 is 0 Å². The summed E-state index contributed by atoms with van der Waals surface area (Å²) in [5.41, 5.74) is 0. The van der Waals surface area contributed by atoms with E-state index in [4.69, 9.17) is 0 Å². The molecule has 3 nitrogen and oxygen atoms in total. The van der Waals surface area contributed by atoms with Gasteiger partial charge in [0.2, 0.25) is 10.0 Å². The summed E-state index contributed by atoms with van der Waals surface area (Å²) >= 11 is 0. The van der Waals surface area contributed by atoms with E-state index in [-0.39, 0.29) is 5.75 Å². The molecule has 0 aromatic heterocycles. The predicted molar refractivity (Wildman–Crippen MR) is 61.0 cm³/mol. The highest BCUT2D eigenvalue weighted by atomic mass is 32.2. The van der Waals surface area contributed by atoms with Gasteiger partial charge in [0, 0.05) is 13.6 Å². The second-order valence-corrected chi connectivity index (χ2v) is 7.48. The lowest BCUT2D eigenvalue weighted by molar-refractivity contribution is 0.280. The second kappa shape index (κ2) is 4.06. The van der Waals surface area contributed by atoms with Gasteiger partial charge in [-0.2, -0.15) is 0 Å². The van der Waals surface area contributed by atoms with Gasteiger partial charge in [0.15, 0.2) is 0 Å². The zero-order chi connectivity index (χ0) is 11.1. The molecule has 0 aromatic rings. The molecule has 4 heteroatoms. The van der Waals surface area contributed by atoms with Crippen molar-refractivity contribution in [1.29, 1.82) is 0 Å². The summed E-state index contributed by atoms with van der Waals surface area (Å²) in [6.07, 6.45) is 5.32. The minimum atomic E-state index is -2.97. The highest BCUT2D eigenvalue weighted by molar-refractivity contribution is 7.89. The van der Waals surface area contributed by atoms with E-state index in [1.165, 1.54) is 25.7 Å². The number of nitrogens with zero attached hydrogens (tertiary/aromatic N) is 1. The van der Waals surface area contributed by atoms with Gasteiger partial charge in [-0.15, -0.1) is 0 Å². The molecule has 0 radical (unpaired) electrons. The van der Waals surface area contributed by atoms with Gasteiger partial charge in [-0.3, -0.25) is 0 Å². The Morgan fingerprint density at radius 1 is 1.27 bits per heavy atom. The van der Waals surface area contributed by atoms with Crippen LogP contribution in [0.25, 0.3) is 0 Å². The Balaban J connectivity index is 1.93. The third-order valence-corrected chi connectivity index (χ3v) is 6.04. The fourth-order valence-corrected chi connectivity index (χ4v) is 4.12. The molecule has 0 aliphatic heterocycles. The third-order valence-electron chi connectivity index (χ3n) is 4.22. The predicted octanol–water partition coefficient (Wildman–Crippen LogP) is 1.70. The van der Waals surface area contributed by atoms with Crippen LogP contribution in [-0.4, -0.2) is 32.1 Å². The van der Waals surface area contributed by atoms with E-state index >= 15 is 0 Å². The molecule has 88 valence electrons. The van der Waals surface area contributed by atoms with Crippen LogP contribution in [0.1, 0.15) is 32.6 Å². The van der Waals surface area contributed by atoms with Crippen LogP contribution >= 0.6 is 0 Å². The molecule has 0 spiro atoms. The molecule has 3 unspecified atom stereocenters. The minimum Gasteiger partial charge on any atom is -0.212 e. The molecule has 3 atom stereocenters. The van der Waals surface area contributed by atoms with Gasteiger partial charge in [0.25, 0.3) is 0 Å². The first-order valence-electron chi connectivity index (χ1n) is 5.97. The average Bonchev–Trinajstić information content (AvgIpc) is 2.79. The van der Waals surface area contributed by atoms with E-state index in [0.29, 0.717) is 5.92 Å². The maximum absolute atomic E-state index is 11.6. The smallest absolute Gasteiger partial charge is 0.212 e. The van der Waals surface area contributed by atoms with Crippen molar-refractivity contribution in [3.63, 3.8) is 0 Å². The molecule has 2 aliphatic carbocycles. The van der Waals surface area contributed by atoms with E-state index in [1.54, 1.807) is 18.3 Å². The molecule has 2 fully saturated rings. The molecule has 0 aromatic carbocycles. The van der Waals surface area contributed by atoms with Crippen molar-refractivity contribution in [3.8, 4) is 0 Å². The molecule has 2 saturated carbocycles. The van der Waals surface area contributed by atoms with E-state index in [0.717, 1.165) is 18.4 Å². The number of hydrogen-bond acceptors (Lipinski definition) is 2. The monoisotopic (exact) mass is 231 g/mol. The number of hydrogen-bond donors (Lipinski definition) is 0. The zero-order valence-electron chi connectivity index (χ0n) is 9.65. The summed E-state index contributed by atoms with van der Waals surface area (Å²) in [4.78, 5) is 0. The summed E-state index contributed by atoms with van der Waals surface area (Å²) in [7, 11) is -1.24. The van der Waals surface area contributed by atoms with E-state index in [1.807, 2.05) is 0 Å². The van der Waals surface area contributed by atoms with Crippen LogP contribution in [0.5, 0.6) is 0 Å². The van der Waals surface area contributed by atoms with Crippen molar-refractivity contribution in [2.24, 2.45) is 17.8 Å². The van der Waals surface area contributed by atoms with Crippen LogP contribution in [0.4, 0.5) is 0 Å². The molecule has 0 heterocycles. The maximum atomic E-state index is 11.6. The Morgan fingerprint density at radius 3 is 2.47 bits per heavy atom. The average molecular weight is 231 g/mol. The Morgan fingerprint density at radius 2 is 2.00 bits per heavy atom. The Kier molecular flexibility index (Phi) is 3.08. The third kappa shape index (κ3) is 2.21. The fraction of sp³-hybridized carbons (Fsp3) is 1.00. The van der Waals surface area contributed by atoms with Crippen molar-refractivity contribution in [1.82, 2.24) is 4.31 Å². The molecule has 15 heavy (non-hydrogen) atoms. The molecular formula is C11H21NO2S. The lowest BCUT2D eigenvalue weighted by atomic mass is 9.89. The molecule has 0 amide bonds. The van der Waals surface area contributed by atoms with Crippen LogP contribution in [0.2, 0.25) is 0 Å². The largest absolute Gasteiger partial charge is 0.213 e. The Bertz CT molecular complexity index is 325. The van der Waals surface area contributed by atoms with Crippen LogP contribution in [0.3, 0.4) is 0 Å². The van der Waals surface area contributed by atoms with Crippen molar-refractivity contribution in [3.05, 3.63) is 0 Å². The summed E-state index contributed by atoms with van der Waals surface area (Å²) in [5.74, 6) is 2.57. The second-order valence-electron chi connectivity index (χ2n) is 5.12. The summed E-state index contributed by atoms with van der Waals surface area (Å²) in [5, 5.41) is 0. The van der Waals surface area contributed by atoms with Crippen molar-refractivity contribution >= 4 is 10.0 Å². The summed E-state index contributed by atoms with van der Waals surface area (Å²) in [6, 6.07) is 0. The van der Waals surface area contributed by atoms with Crippen molar-refractivity contribution in [2.75, 3.05) is 19.3 Å². The standard InChI is InChI=1S/C11H21NO2S/c1-3-15(13,14)12(2)8-11-7-9-4-5-10(11)6-9/h9-11H,3-8H2,1-2H3. The summed E-state index contributed by atoms with van der Waals surface area (Å²) < 4.78 is 24.8. The highest BCUT2D eigenvalue weighted by Gasteiger charge is 2.40. The van der Waals surface area contributed by atoms with Crippen LogP contribution in [0, 0.1) is 17.8 Å². The Hall–Kier alpha value is -0.0900. The quantitative estimate of drug-likeness (QED) is 0.738. The lowest BCUT2D eigenvalue weighted by Gasteiger charge is -2.26. The van der Waals surface area contributed by atoms with Gasteiger partial charge < -0.3 is 0 Å². The molecular weight excluding hydrogens is 210 g/mol. The van der Waals surface area contributed by atoms with E-state index in [2.05, 4.69) is 0 Å². The van der Waals surface area contributed by atoms with Crippen molar-refractivity contribution in [2.45, 2.75) is 32.6 Å². The molecule has 0 N–H and O–H groups in total. The molecule has 0 saturated heterocycles. The maximum Gasteiger partial charge on any atom is 0.213 e. The SMILES string of the molecule is CCS(=O)(=O)N(C)CC1CC2CCC1C2. The van der Waals surface area contributed by atoms with Crippen LogP contribution in [-0.2, 0) is 10.0 Å². The van der Waals surface area contributed by atoms with Crippen LogP contribution < -0.4 is 0 Å². The number of rotatable bonds is 4. The molecule has 2 bridgehead atoms. The van der Waals surface area contributed by atoms with E-state index < -0.39 is 10.0 Å². The molecule has 2 aliphatic rings. The van der Waals surface area contributed by atoms with Crippen molar-refractivity contribution < 1.29 is 8.42 Å². The first-order valence-corrected chi connectivity index (χ1v) is 7.58. The Labute approximate surface area is 92.9 Å². The van der Waals surface area contributed by atoms with E-state index in [9.17, 15) is 8.42 Å². The number of sulfonamides is 1. The van der Waals surface area contributed by atoms with Gasteiger partial charge in [0.1, 0.15) is 0 Å². The van der Waals surface area contributed by atoms with Gasteiger partial charge in [-0.05, 0) is 43.9 Å². The highest BCUT2D eigenvalue weighted by Crippen LogP contribution is 2.48. The summed E-state index contributed by atoms with van der Waals surface area (Å²) in [6.45, 7) is 2.46. The fourth-order valence-electron chi connectivity index (χ4n) is 3.26. The lowest BCUT2D eigenvalue weighted by Crippen LogP contribution is -2.34. The van der Waals surface area contributed by atoms with Gasteiger partial charge in [0.05, 0.1) is 5.75 Å². The molecule has 2 rings (SSSR count). The van der Waals surface area contributed by atoms with Crippen LogP contribution in [0.15, 0.2) is 0 Å². The first-order chi connectivity index (χ1) is 7.03. The van der Waals surface area contributed by atoms with Gasteiger partial charge in [-0.1, -0.05) is 6.42 Å². The number of fused-ring (bicyclic) bond motifs is 2. The van der Waals surface area contributed by atoms with Gasteiger partial charge in [-0.25, -0.2) is 12.7 Å². The zero-order valence-corrected chi connectivity index (χ0v) is 10.5. The first kappa shape index (κ1) is 11.4. The topological polar surface area (TPSA) is 37.4 Å². The minimum absolute atomic E-state index is 0.227. The normalized spacial score (nSPS) is 35.3.